The van der Waals surface area contributed by atoms with Crippen molar-refractivity contribution >= 4 is 29.4 Å². The van der Waals surface area contributed by atoms with Crippen LogP contribution in [0.3, 0.4) is 0 Å². The summed E-state index contributed by atoms with van der Waals surface area (Å²) in [7, 11) is 3.69. The largest absolute Gasteiger partial charge is 0.493 e. The molecule has 176 valence electrons. The number of hydrogen-bond donors (Lipinski definition) is 2. The van der Waals surface area contributed by atoms with Gasteiger partial charge in [-0.1, -0.05) is 12.1 Å². The molecule has 3 aromatic rings. The molecule has 4 rings (SSSR count). The van der Waals surface area contributed by atoms with Gasteiger partial charge in [-0.2, -0.15) is 4.98 Å². The van der Waals surface area contributed by atoms with Crippen LogP contribution in [0, 0.1) is 0 Å². The molecular formula is C25H27N5O4. The molecule has 1 saturated heterocycles. The number of hydrogen-bond acceptors (Lipinski definition) is 8. The van der Waals surface area contributed by atoms with Gasteiger partial charge in [-0.3, -0.25) is 0 Å². The Hall–Kier alpha value is -4.11. The van der Waals surface area contributed by atoms with E-state index in [4.69, 9.17) is 14.6 Å². The van der Waals surface area contributed by atoms with E-state index < -0.39 is 5.97 Å². The fourth-order valence-corrected chi connectivity index (χ4v) is 3.55. The van der Waals surface area contributed by atoms with E-state index in [1.54, 1.807) is 19.2 Å². The molecule has 9 heteroatoms. The number of anilines is 3. The van der Waals surface area contributed by atoms with E-state index in [1.807, 2.05) is 24.3 Å². The predicted molar refractivity (Wildman–Crippen MR) is 131 cm³/mol. The number of nitrogens with zero attached hydrogens (tertiary/aromatic N) is 4. The van der Waals surface area contributed by atoms with Gasteiger partial charge in [-0.05, 0) is 49.5 Å². The Labute approximate surface area is 198 Å². The number of nitrogens with one attached hydrogen (secondary N) is 1. The Morgan fingerprint density at radius 3 is 2.44 bits per heavy atom. The van der Waals surface area contributed by atoms with Gasteiger partial charge in [0.15, 0.2) is 11.5 Å². The molecule has 1 aliphatic rings. The SMILES string of the molecule is COc1ccccc1Oc1nc(Nc2ccc(N3CCN(C)CC3)cc2)ncc1C=CC(=O)O. The molecule has 0 amide bonds. The van der Waals surface area contributed by atoms with Crippen LogP contribution in [0.5, 0.6) is 17.4 Å². The first-order chi connectivity index (χ1) is 16.5. The van der Waals surface area contributed by atoms with E-state index in [-0.39, 0.29) is 5.88 Å². The number of carboxylic acid groups (broad SMARTS) is 1. The number of methoxy groups -OCH3 is 1. The van der Waals surface area contributed by atoms with Crippen LogP contribution in [0.15, 0.2) is 60.8 Å². The van der Waals surface area contributed by atoms with Crippen LogP contribution < -0.4 is 19.7 Å². The summed E-state index contributed by atoms with van der Waals surface area (Å²) in [6.45, 7) is 4.10. The van der Waals surface area contributed by atoms with E-state index in [9.17, 15) is 4.79 Å². The van der Waals surface area contributed by atoms with Crippen molar-refractivity contribution in [3.63, 3.8) is 0 Å². The molecule has 34 heavy (non-hydrogen) atoms. The van der Waals surface area contributed by atoms with Crippen molar-refractivity contribution in [1.82, 2.24) is 14.9 Å². The number of para-hydroxylation sites is 2. The third-order valence-corrected chi connectivity index (χ3v) is 5.45. The molecule has 2 aromatic carbocycles. The van der Waals surface area contributed by atoms with Gasteiger partial charge in [0.1, 0.15) is 0 Å². The molecule has 2 N–H and O–H groups in total. The molecule has 1 fully saturated rings. The van der Waals surface area contributed by atoms with Crippen molar-refractivity contribution in [1.29, 1.82) is 0 Å². The minimum absolute atomic E-state index is 0.202. The summed E-state index contributed by atoms with van der Waals surface area (Å²) in [5, 5.41) is 12.2. The van der Waals surface area contributed by atoms with Crippen molar-refractivity contribution in [2.45, 2.75) is 0 Å². The standard InChI is InChI=1S/C25H27N5O4/c1-29-13-15-30(16-14-29)20-10-8-19(9-11-20)27-25-26-17-18(7-12-23(31)32)24(28-25)34-22-6-4-3-5-21(22)33-2/h3-12,17H,13-16H2,1-2H3,(H,31,32)(H,26,27,28). The van der Waals surface area contributed by atoms with Crippen LogP contribution in [-0.2, 0) is 4.79 Å². The quantitative estimate of drug-likeness (QED) is 0.484. The number of aliphatic carboxylic acids is 1. The van der Waals surface area contributed by atoms with E-state index in [0.717, 1.165) is 37.9 Å². The lowest BCUT2D eigenvalue weighted by Gasteiger charge is -2.34. The Morgan fingerprint density at radius 1 is 1.06 bits per heavy atom. The van der Waals surface area contributed by atoms with Crippen LogP contribution in [-0.4, -0.2) is 66.3 Å². The summed E-state index contributed by atoms with van der Waals surface area (Å²) in [5.74, 6) is 0.434. The molecule has 1 aromatic heterocycles. The second-order valence-corrected chi connectivity index (χ2v) is 7.84. The molecule has 0 aliphatic carbocycles. The minimum atomic E-state index is -1.08. The highest BCUT2D eigenvalue weighted by atomic mass is 16.5. The topological polar surface area (TPSA) is 100 Å². The lowest BCUT2D eigenvalue weighted by Crippen LogP contribution is -2.44. The fraction of sp³-hybridized carbons (Fsp3) is 0.240. The maximum absolute atomic E-state index is 11.0. The summed E-state index contributed by atoms with van der Waals surface area (Å²) in [6.07, 6.45) is 3.91. The Kier molecular flexibility index (Phi) is 7.24. The lowest BCUT2D eigenvalue weighted by atomic mass is 10.2. The van der Waals surface area contributed by atoms with Crippen LogP contribution >= 0.6 is 0 Å². The molecular weight excluding hydrogens is 434 g/mol. The first-order valence-corrected chi connectivity index (χ1v) is 10.9. The van der Waals surface area contributed by atoms with Crippen LogP contribution in [0.2, 0.25) is 0 Å². The van der Waals surface area contributed by atoms with Crippen molar-refractivity contribution in [2.24, 2.45) is 0 Å². The van der Waals surface area contributed by atoms with E-state index in [1.165, 1.54) is 18.0 Å². The lowest BCUT2D eigenvalue weighted by molar-refractivity contribution is -0.131. The Balaban J connectivity index is 1.55. The highest BCUT2D eigenvalue weighted by Crippen LogP contribution is 2.32. The number of benzene rings is 2. The summed E-state index contributed by atoms with van der Waals surface area (Å²) in [5.41, 5.74) is 2.42. The van der Waals surface area contributed by atoms with E-state index in [0.29, 0.717) is 23.0 Å². The summed E-state index contributed by atoms with van der Waals surface area (Å²) in [6, 6.07) is 15.3. The zero-order valence-corrected chi connectivity index (χ0v) is 19.1. The van der Waals surface area contributed by atoms with Crippen molar-refractivity contribution in [2.75, 3.05) is 50.6 Å². The molecule has 0 radical (unpaired) electrons. The number of aromatic nitrogens is 2. The van der Waals surface area contributed by atoms with Crippen molar-refractivity contribution in [3.05, 3.63) is 66.4 Å². The van der Waals surface area contributed by atoms with Gasteiger partial charge in [0.05, 0.1) is 12.7 Å². The first kappa shape index (κ1) is 23.1. The third kappa shape index (κ3) is 5.81. The number of carboxylic acids is 1. The van der Waals surface area contributed by atoms with Gasteiger partial charge >= 0.3 is 5.97 Å². The summed E-state index contributed by atoms with van der Waals surface area (Å²) in [4.78, 5) is 24.5. The molecule has 0 spiro atoms. The van der Waals surface area contributed by atoms with Gasteiger partial charge in [0, 0.05) is 49.8 Å². The molecule has 0 bridgehead atoms. The van der Waals surface area contributed by atoms with Gasteiger partial charge in [-0.15, -0.1) is 0 Å². The average molecular weight is 462 g/mol. The van der Waals surface area contributed by atoms with Gasteiger partial charge < -0.3 is 29.7 Å². The Morgan fingerprint density at radius 2 is 1.76 bits per heavy atom. The first-order valence-electron chi connectivity index (χ1n) is 10.9. The zero-order chi connectivity index (χ0) is 23.9. The maximum Gasteiger partial charge on any atom is 0.328 e. The van der Waals surface area contributed by atoms with Crippen molar-refractivity contribution in [3.8, 4) is 17.4 Å². The normalized spacial score (nSPS) is 14.2. The zero-order valence-electron chi connectivity index (χ0n) is 19.1. The van der Waals surface area contributed by atoms with Crippen LogP contribution in [0.4, 0.5) is 17.3 Å². The Bertz CT molecular complexity index is 1160. The molecule has 9 nitrogen and oxygen atoms in total. The monoisotopic (exact) mass is 461 g/mol. The van der Waals surface area contributed by atoms with Gasteiger partial charge in [0.2, 0.25) is 11.8 Å². The number of ether oxygens (including phenoxy) is 2. The maximum atomic E-state index is 11.0. The minimum Gasteiger partial charge on any atom is -0.493 e. The molecule has 0 atom stereocenters. The van der Waals surface area contributed by atoms with Gasteiger partial charge in [0.25, 0.3) is 0 Å². The third-order valence-electron chi connectivity index (χ3n) is 5.45. The average Bonchev–Trinajstić information content (AvgIpc) is 2.85. The number of likely N-dealkylation sites (N-methyl/N-ethyl adjacent to an activating group) is 1. The van der Waals surface area contributed by atoms with Crippen LogP contribution in [0.1, 0.15) is 5.56 Å². The highest BCUT2D eigenvalue weighted by molar-refractivity contribution is 5.85. The smallest absolute Gasteiger partial charge is 0.328 e. The van der Waals surface area contributed by atoms with Gasteiger partial charge in [-0.25, -0.2) is 9.78 Å². The molecule has 0 unspecified atom stereocenters. The number of rotatable bonds is 8. The molecule has 1 aliphatic heterocycles. The summed E-state index contributed by atoms with van der Waals surface area (Å²) >= 11 is 0. The second kappa shape index (κ2) is 10.7. The number of carbonyl (C=O) groups is 1. The molecule has 2 heterocycles. The highest BCUT2D eigenvalue weighted by Gasteiger charge is 2.15. The summed E-state index contributed by atoms with van der Waals surface area (Å²) < 4.78 is 11.3. The van der Waals surface area contributed by atoms with Crippen molar-refractivity contribution < 1.29 is 19.4 Å². The fourth-order valence-electron chi connectivity index (χ4n) is 3.55. The number of piperazine rings is 1. The predicted octanol–water partition coefficient (Wildman–Crippen LogP) is 3.87. The second-order valence-electron chi connectivity index (χ2n) is 7.84. The van der Waals surface area contributed by atoms with E-state index in [2.05, 4.69) is 44.3 Å². The van der Waals surface area contributed by atoms with E-state index >= 15 is 0 Å². The van der Waals surface area contributed by atoms with Crippen LogP contribution in [0.25, 0.3) is 6.08 Å². The molecule has 0 saturated carbocycles.